The largest absolute Gasteiger partial charge is 0.497 e. The third-order valence-corrected chi connectivity index (χ3v) is 5.35. The molecule has 3 aromatic carbocycles. The monoisotopic (exact) mass is 493 g/mol. The zero-order valence-corrected chi connectivity index (χ0v) is 21.4. The van der Waals surface area contributed by atoms with E-state index in [1.165, 1.54) is 0 Å². The summed E-state index contributed by atoms with van der Waals surface area (Å²) in [5, 5.41) is 1.90. The highest BCUT2D eigenvalue weighted by Gasteiger charge is 2.17. The van der Waals surface area contributed by atoms with Crippen molar-refractivity contribution in [2.75, 3.05) is 41.5 Å². The highest BCUT2D eigenvalue weighted by atomic mass is 16.6. The molecule has 3 aromatic rings. The molecule has 0 spiro atoms. The molecule has 192 valence electrons. The quantitative estimate of drug-likeness (QED) is 0.278. The molecule has 0 aliphatic rings. The first kappa shape index (κ1) is 26.8. The molecule has 3 rings (SSSR count). The van der Waals surface area contributed by atoms with Gasteiger partial charge in [0.1, 0.15) is 30.5 Å². The summed E-state index contributed by atoms with van der Waals surface area (Å²) >= 11 is 0. The number of ether oxygens (including phenoxy) is 4. The summed E-state index contributed by atoms with van der Waals surface area (Å²) in [6.45, 7) is 1.82. The molecule has 36 heavy (non-hydrogen) atoms. The molecule has 0 bridgehead atoms. The Kier molecular flexibility index (Phi) is 10.4. The van der Waals surface area contributed by atoms with E-state index in [-0.39, 0.29) is 13.2 Å². The molecule has 0 atom stereocenters. The van der Waals surface area contributed by atoms with Gasteiger partial charge < -0.3 is 18.9 Å². The van der Waals surface area contributed by atoms with E-state index in [1.54, 1.807) is 19.1 Å². The lowest BCUT2D eigenvalue weighted by Gasteiger charge is -2.23. The summed E-state index contributed by atoms with van der Waals surface area (Å²) in [6, 6.07) is 23.1. The van der Waals surface area contributed by atoms with E-state index < -0.39 is 6.09 Å². The van der Waals surface area contributed by atoms with Gasteiger partial charge in [-0.2, -0.15) is 0 Å². The van der Waals surface area contributed by atoms with E-state index in [9.17, 15) is 4.79 Å². The van der Waals surface area contributed by atoms with E-state index >= 15 is 0 Å². The van der Waals surface area contributed by atoms with Gasteiger partial charge in [-0.25, -0.2) is 4.79 Å². The number of hydrogen-bond donors (Lipinski definition) is 1. The molecular weight excluding hydrogens is 458 g/mol. The van der Waals surface area contributed by atoms with Crippen molar-refractivity contribution >= 4 is 6.09 Å². The Bertz CT molecular complexity index is 1060. The lowest BCUT2D eigenvalue weighted by Crippen LogP contribution is -2.31. The van der Waals surface area contributed by atoms with Gasteiger partial charge in [-0.1, -0.05) is 36.4 Å². The Hall–Kier alpha value is -3.75. The van der Waals surface area contributed by atoms with Crippen molar-refractivity contribution in [1.82, 2.24) is 15.3 Å². The number of methoxy groups -OCH3 is 2. The van der Waals surface area contributed by atoms with Crippen molar-refractivity contribution in [2.24, 2.45) is 0 Å². The van der Waals surface area contributed by atoms with Gasteiger partial charge in [0.15, 0.2) is 0 Å². The van der Waals surface area contributed by atoms with E-state index in [0.717, 1.165) is 33.9 Å². The summed E-state index contributed by atoms with van der Waals surface area (Å²) in [6.07, 6.45) is -0.423. The molecule has 0 fully saturated rings. The summed E-state index contributed by atoms with van der Waals surface area (Å²) in [4.78, 5) is 14.7. The Morgan fingerprint density at radius 1 is 0.750 bits per heavy atom. The third kappa shape index (κ3) is 8.79. The smallest absolute Gasteiger partial charge is 0.410 e. The molecule has 0 aromatic heterocycles. The van der Waals surface area contributed by atoms with Crippen molar-refractivity contribution in [3.05, 3.63) is 89.5 Å². The van der Waals surface area contributed by atoms with Crippen LogP contribution in [0.3, 0.4) is 0 Å². The lowest BCUT2D eigenvalue weighted by molar-refractivity contribution is 0.0835. The average molecular weight is 494 g/mol. The lowest BCUT2D eigenvalue weighted by atomic mass is 10.1. The molecule has 0 radical (unpaired) electrons. The molecule has 8 heteroatoms. The number of hydrogen-bond acceptors (Lipinski definition) is 7. The molecule has 0 heterocycles. The van der Waals surface area contributed by atoms with Gasteiger partial charge in [-0.05, 0) is 53.1 Å². The molecule has 1 amide bonds. The number of rotatable bonds is 13. The molecule has 0 aliphatic carbocycles. The summed E-state index contributed by atoms with van der Waals surface area (Å²) in [5.41, 5.74) is 6.20. The van der Waals surface area contributed by atoms with Gasteiger partial charge in [0.05, 0.1) is 14.2 Å². The van der Waals surface area contributed by atoms with Crippen molar-refractivity contribution in [1.29, 1.82) is 0 Å². The second kappa shape index (κ2) is 14.0. The third-order valence-electron chi connectivity index (χ3n) is 5.35. The van der Waals surface area contributed by atoms with E-state index in [0.29, 0.717) is 19.6 Å². The van der Waals surface area contributed by atoms with Gasteiger partial charge >= 0.3 is 6.09 Å². The number of hydrazine groups is 1. The second-order valence-corrected chi connectivity index (χ2v) is 8.40. The maximum atomic E-state index is 13.0. The summed E-state index contributed by atoms with van der Waals surface area (Å²) in [5.74, 6) is 2.20. The topological polar surface area (TPSA) is 72.5 Å². The first-order valence-corrected chi connectivity index (χ1v) is 11.8. The van der Waals surface area contributed by atoms with Crippen LogP contribution in [-0.4, -0.2) is 57.5 Å². The number of nitrogens with one attached hydrogen (secondary N) is 1. The maximum Gasteiger partial charge on any atom is 0.410 e. The highest BCUT2D eigenvalue weighted by molar-refractivity contribution is 5.67. The van der Waals surface area contributed by atoms with Crippen LogP contribution in [0.15, 0.2) is 72.8 Å². The standard InChI is InChI=1S/C28H35N3O5/c1-30(2)29-19-22-8-5-13-27(16-22)35-14-15-36-28(32)31(20-23-9-6-11-25(17-23)33-3)21-24-10-7-12-26(18-24)34-4/h5-13,16-18,29H,14-15,19-21H2,1-4H3. The number of amides is 1. The first-order chi connectivity index (χ1) is 17.5. The van der Waals surface area contributed by atoms with Crippen LogP contribution in [0.4, 0.5) is 4.79 Å². The van der Waals surface area contributed by atoms with Gasteiger partial charge in [0, 0.05) is 33.7 Å². The number of benzene rings is 3. The number of nitrogens with zero attached hydrogens (tertiary/aromatic N) is 2. The summed E-state index contributed by atoms with van der Waals surface area (Å²) in [7, 11) is 7.13. The summed E-state index contributed by atoms with van der Waals surface area (Å²) < 4.78 is 22.0. The predicted molar refractivity (Wildman–Crippen MR) is 139 cm³/mol. The van der Waals surface area contributed by atoms with Crippen LogP contribution < -0.4 is 19.6 Å². The second-order valence-electron chi connectivity index (χ2n) is 8.40. The minimum absolute atomic E-state index is 0.131. The highest BCUT2D eigenvalue weighted by Crippen LogP contribution is 2.19. The minimum atomic E-state index is -0.423. The molecule has 0 saturated carbocycles. The zero-order valence-electron chi connectivity index (χ0n) is 21.4. The predicted octanol–water partition coefficient (Wildman–Crippen LogP) is 4.49. The van der Waals surface area contributed by atoms with Crippen LogP contribution in [0.25, 0.3) is 0 Å². The van der Waals surface area contributed by atoms with E-state index in [1.807, 2.05) is 91.9 Å². The molecule has 0 aliphatic heterocycles. The van der Waals surface area contributed by atoms with Gasteiger partial charge in [0.2, 0.25) is 0 Å². The minimum Gasteiger partial charge on any atom is -0.497 e. The fraction of sp³-hybridized carbons (Fsp3) is 0.321. The van der Waals surface area contributed by atoms with Gasteiger partial charge in [-0.15, -0.1) is 0 Å². The molecule has 0 unspecified atom stereocenters. The van der Waals surface area contributed by atoms with Gasteiger partial charge in [0.25, 0.3) is 0 Å². The van der Waals surface area contributed by atoms with Crippen LogP contribution in [-0.2, 0) is 24.4 Å². The van der Waals surface area contributed by atoms with E-state index in [2.05, 4.69) is 5.43 Å². The Labute approximate surface area is 213 Å². The first-order valence-electron chi connectivity index (χ1n) is 11.8. The fourth-order valence-corrected chi connectivity index (χ4v) is 3.54. The Morgan fingerprint density at radius 3 is 1.83 bits per heavy atom. The van der Waals surface area contributed by atoms with Gasteiger partial charge in [-0.3, -0.25) is 15.3 Å². The number of carbonyl (C=O) groups excluding carboxylic acids is 1. The Balaban J connectivity index is 1.60. The normalized spacial score (nSPS) is 10.7. The maximum absolute atomic E-state index is 13.0. The number of carbonyl (C=O) groups is 1. The van der Waals surface area contributed by atoms with Crippen LogP contribution in [0.1, 0.15) is 16.7 Å². The average Bonchev–Trinajstić information content (AvgIpc) is 2.90. The van der Waals surface area contributed by atoms with Crippen molar-refractivity contribution in [3.63, 3.8) is 0 Å². The molecule has 0 saturated heterocycles. The van der Waals surface area contributed by atoms with Crippen LogP contribution in [0, 0.1) is 0 Å². The molecular formula is C28H35N3O5. The SMILES string of the molecule is COc1cccc(CN(Cc2cccc(OC)c2)C(=O)OCCOc2cccc(CNN(C)C)c2)c1. The van der Waals surface area contributed by atoms with Crippen LogP contribution in [0.2, 0.25) is 0 Å². The zero-order chi connectivity index (χ0) is 25.8. The van der Waals surface area contributed by atoms with E-state index in [4.69, 9.17) is 18.9 Å². The van der Waals surface area contributed by atoms with Crippen molar-refractivity contribution in [3.8, 4) is 17.2 Å². The van der Waals surface area contributed by atoms with Crippen LogP contribution in [0.5, 0.6) is 17.2 Å². The van der Waals surface area contributed by atoms with Crippen LogP contribution >= 0.6 is 0 Å². The van der Waals surface area contributed by atoms with Crippen molar-refractivity contribution in [2.45, 2.75) is 19.6 Å². The Morgan fingerprint density at radius 2 is 1.28 bits per heavy atom. The molecule has 1 N–H and O–H groups in total. The van der Waals surface area contributed by atoms with Crippen molar-refractivity contribution < 1.29 is 23.7 Å². The molecule has 8 nitrogen and oxygen atoms in total. The fourth-order valence-electron chi connectivity index (χ4n) is 3.54.